The fourth-order valence-electron chi connectivity index (χ4n) is 5.12. The minimum absolute atomic E-state index is 0.00771. The number of Topliss-reactive ketones (excluding diaryl/α,β-unsaturated/α-hetero) is 1. The summed E-state index contributed by atoms with van der Waals surface area (Å²) in [5.41, 5.74) is -0.195. The van der Waals surface area contributed by atoms with Crippen LogP contribution >= 0.6 is 92.8 Å². The van der Waals surface area contributed by atoms with E-state index >= 15 is 0 Å². The summed E-state index contributed by atoms with van der Waals surface area (Å²) < 4.78 is 11.2. The molecular weight excluding hydrogens is 683 g/mol. The maximum absolute atomic E-state index is 13.9. The number of benzene rings is 2. The van der Waals surface area contributed by atoms with Gasteiger partial charge in [-0.3, -0.25) is 19.2 Å². The summed E-state index contributed by atoms with van der Waals surface area (Å²) in [5.74, 6) is -7.57. The molecule has 3 aliphatic rings. The third-order valence-corrected chi connectivity index (χ3v) is 11.8. The van der Waals surface area contributed by atoms with Crippen molar-refractivity contribution in [3.8, 4) is 0 Å². The number of allylic oxidation sites excluding steroid dienone is 2. The standard InChI is InChI=1S/C24H11Cl8FN2O4/c25-10-3-6-12(13(26)7-10)19(37)34(8-14(36)9-1-4-11(33)5-2-9)35-20(38)15-16(21(35)39)23(30)18(28)17(27)22(15,29)24(23,31)32/h1-7,15-16H,8H2/t15-,16-,22-,23-/m1/s1. The van der Waals surface area contributed by atoms with Crippen LogP contribution in [-0.2, 0) is 9.59 Å². The highest BCUT2D eigenvalue weighted by Crippen LogP contribution is 2.77. The van der Waals surface area contributed by atoms with Gasteiger partial charge in [0.1, 0.15) is 22.1 Å². The molecule has 15 heteroatoms. The van der Waals surface area contributed by atoms with E-state index in [0.717, 1.165) is 12.1 Å². The van der Waals surface area contributed by atoms with Crippen LogP contribution < -0.4 is 0 Å². The predicted octanol–water partition coefficient (Wildman–Crippen LogP) is 6.82. The van der Waals surface area contributed by atoms with Gasteiger partial charge in [0.05, 0.1) is 32.5 Å². The molecule has 2 aromatic rings. The molecule has 0 aromatic heterocycles. The van der Waals surface area contributed by atoms with Crippen LogP contribution in [0.2, 0.25) is 10.0 Å². The van der Waals surface area contributed by atoms with E-state index < -0.39 is 61.8 Å². The highest BCUT2D eigenvalue weighted by molar-refractivity contribution is 6.66. The Morgan fingerprint density at radius 3 is 1.85 bits per heavy atom. The SMILES string of the molecule is O=C(CN(C(=O)c1ccc(Cl)cc1Cl)N1C(=O)[C@H]2[C@H](C1=O)[C@@]1(Cl)C(Cl)=C(Cl)[C@@]2(Cl)C1(Cl)Cl)c1ccc(F)cc1. The lowest BCUT2D eigenvalue weighted by Crippen LogP contribution is -2.56. The van der Waals surface area contributed by atoms with Crippen molar-refractivity contribution in [2.75, 3.05) is 6.54 Å². The van der Waals surface area contributed by atoms with Crippen molar-refractivity contribution in [3.63, 3.8) is 0 Å². The van der Waals surface area contributed by atoms with Crippen LogP contribution in [0.25, 0.3) is 0 Å². The first-order valence-electron chi connectivity index (χ1n) is 10.9. The van der Waals surface area contributed by atoms with Crippen LogP contribution in [0.4, 0.5) is 4.39 Å². The Morgan fingerprint density at radius 1 is 0.846 bits per heavy atom. The number of ketones is 1. The molecule has 0 radical (unpaired) electrons. The Balaban J connectivity index is 1.61. The first kappa shape index (κ1) is 29.2. The van der Waals surface area contributed by atoms with Gasteiger partial charge in [0, 0.05) is 10.6 Å². The summed E-state index contributed by atoms with van der Waals surface area (Å²) in [6.45, 7) is -0.841. The van der Waals surface area contributed by atoms with Gasteiger partial charge in [0.25, 0.3) is 17.7 Å². The van der Waals surface area contributed by atoms with Gasteiger partial charge in [0.2, 0.25) is 0 Å². The van der Waals surface area contributed by atoms with E-state index in [2.05, 4.69) is 0 Å². The third kappa shape index (κ3) is 3.81. The zero-order chi connectivity index (χ0) is 28.8. The van der Waals surface area contributed by atoms with Crippen molar-refractivity contribution in [2.45, 2.75) is 14.1 Å². The highest BCUT2D eigenvalue weighted by atomic mass is 35.5. The van der Waals surface area contributed by atoms with Crippen LogP contribution in [0, 0.1) is 17.7 Å². The number of hydrazine groups is 1. The number of imide groups is 1. The molecule has 1 aliphatic heterocycles. The fraction of sp³-hybridized carbons (Fsp3) is 0.250. The number of nitrogens with zero attached hydrogens (tertiary/aromatic N) is 2. The van der Waals surface area contributed by atoms with Gasteiger partial charge < -0.3 is 0 Å². The molecule has 1 saturated carbocycles. The number of carbonyl (C=O) groups is 4. The van der Waals surface area contributed by atoms with Crippen LogP contribution in [-0.4, -0.2) is 54.1 Å². The molecule has 2 fully saturated rings. The molecule has 1 heterocycles. The monoisotopic (exact) mass is 690 g/mol. The second-order valence-electron chi connectivity index (χ2n) is 8.99. The molecule has 0 N–H and O–H groups in total. The van der Waals surface area contributed by atoms with Crippen molar-refractivity contribution in [3.05, 3.63) is 79.5 Å². The zero-order valence-electron chi connectivity index (χ0n) is 18.8. The molecule has 5 rings (SSSR count). The molecule has 4 atom stereocenters. The van der Waals surface area contributed by atoms with Gasteiger partial charge in [-0.25, -0.2) is 9.40 Å². The Labute approximate surface area is 260 Å². The van der Waals surface area contributed by atoms with Gasteiger partial charge in [-0.15, -0.1) is 23.2 Å². The lowest BCUT2D eigenvalue weighted by Gasteiger charge is -2.36. The zero-order valence-corrected chi connectivity index (χ0v) is 24.9. The van der Waals surface area contributed by atoms with Crippen LogP contribution in [0.3, 0.4) is 0 Å². The number of alkyl halides is 4. The molecule has 2 aromatic carbocycles. The number of amides is 3. The third-order valence-electron chi connectivity index (χ3n) is 6.98. The topological polar surface area (TPSA) is 74.8 Å². The summed E-state index contributed by atoms with van der Waals surface area (Å²) in [5, 5.41) is 0.472. The second kappa shape index (κ2) is 9.63. The predicted molar refractivity (Wildman–Crippen MR) is 147 cm³/mol. The summed E-state index contributed by atoms with van der Waals surface area (Å²) in [7, 11) is 0. The molecule has 0 spiro atoms. The van der Waals surface area contributed by atoms with E-state index in [1.165, 1.54) is 30.3 Å². The maximum Gasteiger partial charge on any atom is 0.274 e. The number of fused-ring (bicyclic) bond motifs is 5. The smallest absolute Gasteiger partial charge is 0.274 e. The number of hydrogen-bond donors (Lipinski definition) is 0. The van der Waals surface area contributed by atoms with E-state index in [4.69, 9.17) is 92.8 Å². The van der Waals surface area contributed by atoms with E-state index in [9.17, 15) is 23.6 Å². The van der Waals surface area contributed by atoms with Crippen molar-refractivity contribution in [1.29, 1.82) is 0 Å². The summed E-state index contributed by atoms with van der Waals surface area (Å²) in [6.07, 6.45) is 0. The molecule has 2 aliphatic carbocycles. The first-order chi connectivity index (χ1) is 18.1. The van der Waals surface area contributed by atoms with Gasteiger partial charge >= 0.3 is 0 Å². The number of carbonyl (C=O) groups excluding carboxylic acids is 4. The molecule has 204 valence electrons. The van der Waals surface area contributed by atoms with E-state index in [0.29, 0.717) is 10.0 Å². The van der Waals surface area contributed by atoms with Crippen molar-refractivity contribution >= 4 is 116 Å². The first-order valence-corrected chi connectivity index (χ1v) is 13.9. The molecule has 6 nitrogen and oxygen atoms in total. The normalized spacial score (nSPS) is 28.8. The van der Waals surface area contributed by atoms with Crippen molar-refractivity contribution < 1.29 is 23.6 Å². The van der Waals surface area contributed by atoms with Crippen molar-refractivity contribution in [2.24, 2.45) is 11.8 Å². The minimum atomic E-state index is -2.19. The van der Waals surface area contributed by atoms with Gasteiger partial charge in [-0.05, 0) is 42.5 Å². The number of hydrogen-bond acceptors (Lipinski definition) is 4. The Kier molecular flexibility index (Phi) is 7.22. The van der Waals surface area contributed by atoms with E-state index in [-0.39, 0.29) is 31.2 Å². The molecular formula is C24H11Cl8FN2O4. The second-order valence-corrected chi connectivity index (χ2v) is 13.1. The van der Waals surface area contributed by atoms with Crippen molar-refractivity contribution in [1.82, 2.24) is 10.0 Å². The lowest BCUT2D eigenvalue weighted by molar-refractivity contribution is -0.154. The summed E-state index contributed by atoms with van der Waals surface area (Å²) >= 11 is 51.4. The number of rotatable bonds is 5. The highest BCUT2D eigenvalue weighted by Gasteiger charge is 2.88. The van der Waals surface area contributed by atoms with E-state index in [1.807, 2.05) is 0 Å². The van der Waals surface area contributed by atoms with Crippen LogP contribution in [0.1, 0.15) is 20.7 Å². The van der Waals surface area contributed by atoms with Gasteiger partial charge in [-0.2, -0.15) is 5.01 Å². The van der Waals surface area contributed by atoms with Crippen LogP contribution in [0.5, 0.6) is 0 Å². The molecule has 3 amide bonds. The maximum atomic E-state index is 13.9. The minimum Gasteiger partial charge on any atom is -0.292 e. The van der Waals surface area contributed by atoms with Gasteiger partial charge in [0.15, 0.2) is 10.1 Å². The fourth-order valence-corrected chi connectivity index (χ4v) is 8.54. The van der Waals surface area contributed by atoms with E-state index in [1.54, 1.807) is 0 Å². The van der Waals surface area contributed by atoms with Crippen LogP contribution in [0.15, 0.2) is 52.5 Å². The lowest BCUT2D eigenvalue weighted by atomic mass is 9.84. The summed E-state index contributed by atoms with van der Waals surface area (Å²) in [6, 6.07) is 8.30. The molecule has 1 saturated heterocycles. The molecule has 2 bridgehead atoms. The average Bonchev–Trinajstić information content (AvgIpc) is 3.26. The largest absolute Gasteiger partial charge is 0.292 e. The average molecular weight is 694 g/mol. The Bertz CT molecular complexity index is 1470. The Hall–Kier alpha value is -1.29. The number of halogens is 9. The molecule has 0 unspecified atom stereocenters. The summed E-state index contributed by atoms with van der Waals surface area (Å²) in [4.78, 5) is 50.4. The van der Waals surface area contributed by atoms with Gasteiger partial charge in [-0.1, -0.05) is 69.6 Å². The molecule has 39 heavy (non-hydrogen) atoms. The quantitative estimate of drug-likeness (QED) is 0.196. The Morgan fingerprint density at radius 2 is 1.36 bits per heavy atom.